The van der Waals surface area contributed by atoms with E-state index in [2.05, 4.69) is 83.4 Å². The zero-order valence-electron chi connectivity index (χ0n) is 24.5. The van der Waals surface area contributed by atoms with Gasteiger partial charge in [-0.25, -0.2) is 4.90 Å². The largest absolute Gasteiger partial charge is 0.268 e. The van der Waals surface area contributed by atoms with Crippen molar-refractivity contribution in [3.63, 3.8) is 0 Å². The van der Waals surface area contributed by atoms with Gasteiger partial charge in [0, 0.05) is 21.9 Å². The van der Waals surface area contributed by atoms with E-state index >= 15 is 0 Å². The predicted octanol–water partition coefficient (Wildman–Crippen LogP) is 8.32. The van der Waals surface area contributed by atoms with Gasteiger partial charge in [-0.05, 0) is 86.8 Å². The summed E-state index contributed by atoms with van der Waals surface area (Å²) >= 11 is 0. The summed E-state index contributed by atoms with van der Waals surface area (Å²) in [5, 5.41) is 7.05. The number of fused-ring (bicyclic) bond motifs is 4. The molecule has 0 N–H and O–H groups in total. The number of nitrogens with zero attached hydrogens (tertiary/aromatic N) is 1. The molecule has 1 aliphatic rings. The van der Waals surface area contributed by atoms with Crippen molar-refractivity contribution < 1.29 is 9.59 Å². The van der Waals surface area contributed by atoms with E-state index in [0.717, 1.165) is 54.6 Å². The van der Waals surface area contributed by atoms with Crippen LogP contribution in [-0.2, 0) is 4.79 Å². The Labute approximate surface area is 241 Å². The first-order chi connectivity index (χ1) is 19.7. The monoisotopic (exact) mass is 535 g/mol. The lowest BCUT2D eigenvalue weighted by Crippen LogP contribution is -2.47. The summed E-state index contributed by atoms with van der Waals surface area (Å²) in [6, 6.07) is 20.5. The number of amides is 2. The first kappa shape index (κ1) is 26.5. The second-order valence-electron chi connectivity index (χ2n) is 11.5. The fourth-order valence-corrected chi connectivity index (χ4v) is 6.60. The van der Waals surface area contributed by atoms with Crippen molar-refractivity contribution in [1.29, 1.82) is 0 Å². The van der Waals surface area contributed by atoms with E-state index in [1.54, 1.807) is 6.08 Å². The molecular formula is C38H33NO2. The van der Waals surface area contributed by atoms with Gasteiger partial charge in [-0.3, -0.25) is 9.59 Å². The Bertz CT molecular complexity index is 2060. The summed E-state index contributed by atoms with van der Waals surface area (Å²) in [5.74, 6) is 5.93. The Balaban J connectivity index is 1.75. The summed E-state index contributed by atoms with van der Waals surface area (Å²) in [6.07, 6.45) is 1.62. The molecule has 5 aromatic rings. The summed E-state index contributed by atoms with van der Waals surface area (Å²) in [6.45, 7) is 16.4. The molecule has 0 radical (unpaired) electrons. The summed E-state index contributed by atoms with van der Waals surface area (Å²) in [5.41, 5.74) is 5.68. The quantitative estimate of drug-likeness (QED) is 0.100. The van der Waals surface area contributed by atoms with E-state index in [1.165, 1.54) is 4.90 Å². The van der Waals surface area contributed by atoms with Crippen LogP contribution < -0.4 is 10.1 Å². The van der Waals surface area contributed by atoms with Crippen LogP contribution in [0.4, 0.5) is 5.69 Å². The molecule has 1 aliphatic heterocycles. The number of para-hydroxylation sites is 1. The number of anilines is 1. The zero-order chi connectivity index (χ0) is 29.2. The number of hydrogen-bond donors (Lipinski definition) is 0. The van der Waals surface area contributed by atoms with E-state index in [1.807, 2.05) is 37.3 Å². The summed E-state index contributed by atoms with van der Waals surface area (Å²) < 4.78 is 0. The molecule has 3 heteroatoms. The number of carbonyl (C=O) groups excluding carboxylic acids is 2. The number of hydrogen-bond acceptors (Lipinski definition) is 2. The van der Waals surface area contributed by atoms with Crippen molar-refractivity contribution in [3.8, 4) is 11.8 Å². The van der Waals surface area contributed by atoms with E-state index in [9.17, 15) is 9.59 Å². The van der Waals surface area contributed by atoms with Gasteiger partial charge in [0.15, 0.2) is 0 Å². The molecule has 0 unspecified atom stereocenters. The van der Waals surface area contributed by atoms with Crippen LogP contribution in [0.15, 0.2) is 73.3 Å². The predicted molar refractivity (Wildman–Crippen MR) is 172 cm³/mol. The van der Waals surface area contributed by atoms with Gasteiger partial charge in [0.1, 0.15) is 0 Å². The second-order valence-corrected chi connectivity index (χ2v) is 11.5. The number of benzene rings is 5. The lowest BCUT2D eigenvalue weighted by Gasteiger charge is -2.32. The van der Waals surface area contributed by atoms with Gasteiger partial charge in [-0.2, -0.15) is 0 Å². The van der Waals surface area contributed by atoms with Crippen LogP contribution in [0.2, 0.25) is 0 Å². The number of aryl methyl sites for hydroxylation is 1. The molecule has 0 atom stereocenters. The molecule has 1 heterocycles. The Kier molecular flexibility index (Phi) is 6.31. The molecule has 0 saturated heterocycles. The number of imide groups is 1. The lowest BCUT2D eigenvalue weighted by atomic mass is 9.85. The molecule has 0 aromatic heterocycles. The standard InChI is InChI=1S/C38H33NO2/c1-8-12-24-17-18-28-23(7)33-31(30-16-11-15-29(24)34(28)30)19-20-32-35(33)25(9-2)37(40)39(38(32)41)36-26(21(3)4)13-10-14-27(36)22(5)6/h9-11,13-22H,2H2,1,3-7H3. The highest BCUT2D eigenvalue weighted by Gasteiger charge is 2.36. The molecule has 0 aliphatic carbocycles. The van der Waals surface area contributed by atoms with Crippen LogP contribution in [0.3, 0.4) is 0 Å². The van der Waals surface area contributed by atoms with Crippen LogP contribution in [0.5, 0.6) is 0 Å². The molecule has 0 fully saturated rings. The minimum Gasteiger partial charge on any atom is -0.268 e. The maximum absolute atomic E-state index is 14.4. The van der Waals surface area contributed by atoms with Crippen LogP contribution >= 0.6 is 0 Å². The highest BCUT2D eigenvalue weighted by atomic mass is 16.2. The highest BCUT2D eigenvalue weighted by molar-refractivity contribution is 6.40. The van der Waals surface area contributed by atoms with Gasteiger partial charge in [0.05, 0.1) is 5.69 Å². The van der Waals surface area contributed by atoms with Gasteiger partial charge in [0.2, 0.25) is 0 Å². The molecular weight excluding hydrogens is 502 g/mol. The number of rotatable bonds is 4. The molecule has 3 nitrogen and oxygen atoms in total. The molecule has 6 rings (SSSR count). The fraction of sp³-hybridized carbons (Fsp3) is 0.211. The SMILES string of the molecule is C=CC1=c2c(ccc3c2c(C)c2ccc(C#CC)c4cccc3c42)C(=O)N(c2c(C(C)C)cccc2C(C)C)C1=O. The second kappa shape index (κ2) is 9.75. The smallest absolute Gasteiger partial charge is 0.266 e. The van der Waals surface area contributed by atoms with Crippen LogP contribution in [0.1, 0.15) is 79.1 Å². The molecule has 0 bridgehead atoms. The minimum absolute atomic E-state index is 0.135. The van der Waals surface area contributed by atoms with Crippen molar-refractivity contribution in [2.24, 2.45) is 0 Å². The molecule has 41 heavy (non-hydrogen) atoms. The first-order valence-electron chi connectivity index (χ1n) is 14.2. The maximum Gasteiger partial charge on any atom is 0.266 e. The number of carbonyl (C=O) groups is 2. The Morgan fingerprint density at radius 3 is 2.00 bits per heavy atom. The Hall–Kier alpha value is -4.68. The van der Waals surface area contributed by atoms with Gasteiger partial charge >= 0.3 is 0 Å². The summed E-state index contributed by atoms with van der Waals surface area (Å²) in [4.78, 5) is 30.2. The van der Waals surface area contributed by atoms with Crippen LogP contribution in [0.25, 0.3) is 37.9 Å². The van der Waals surface area contributed by atoms with Gasteiger partial charge in [-0.1, -0.05) is 94.8 Å². The van der Waals surface area contributed by atoms with Crippen molar-refractivity contribution in [3.05, 3.63) is 106 Å². The van der Waals surface area contributed by atoms with E-state index < -0.39 is 0 Å². The van der Waals surface area contributed by atoms with Gasteiger partial charge in [-0.15, -0.1) is 5.92 Å². The van der Waals surface area contributed by atoms with Crippen molar-refractivity contribution in [1.82, 2.24) is 0 Å². The first-order valence-corrected chi connectivity index (χ1v) is 14.2. The van der Waals surface area contributed by atoms with Gasteiger partial charge < -0.3 is 0 Å². The van der Waals surface area contributed by atoms with Crippen molar-refractivity contribution in [2.75, 3.05) is 4.90 Å². The highest BCUT2D eigenvalue weighted by Crippen LogP contribution is 2.40. The van der Waals surface area contributed by atoms with E-state index in [4.69, 9.17) is 0 Å². The average Bonchev–Trinajstić information content (AvgIpc) is 2.96. The maximum atomic E-state index is 14.4. The average molecular weight is 536 g/mol. The normalized spacial score (nSPS) is 13.5. The molecule has 202 valence electrons. The minimum atomic E-state index is -0.328. The molecule has 2 amide bonds. The molecule has 0 spiro atoms. The molecule has 5 aromatic carbocycles. The van der Waals surface area contributed by atoms with Crippen LogP contribution in [-0.4, -0.2) is 11.8 Å². The topological polar surface area (TPSA) is 37.4 Å². The fourth-order valence-electron chi connectivity index (χ4n) is 6.60. The van der Waals surface area contributed by atoms with Crippen LogP contribution in [0, 0.1) is 18.8 Å². The van der Waals surface area contributed by atoms with Crippen molar-refractivity contribution >= 4 is 55.4 Å². The zero-order valence-corrected chi connectivity index (χ0v) is 24.5. The third-order valence-electron chi connectivity index (χ3n) is 8.48. The summed E-state index contributed by atoms with van der Waals surface area (Å²) in [7, 11) is 0. The van der Waals surface area contributed by atoms with E-state index in [0.29, 0.717) is 22.0 Å². The Morgan fingerprint density at radius 2 is 1.37 bits per heavy atom. The Morgan fingerprint density at radius 1 is 0.756 bits per heavy atom. The lowest BCUT2D eigenvalue weighted by molar-refractivity contribution is -0.112. The van der Waals surface area contributed by atoms with Gasteiger partial charge in [0.25, 0.3) is 11.8 Å². The third-order valence-corrected chi connectivity index (χ3v) is 8.48. The third kappa shape index (κ3) is 3.75. The molecule has 0 saturated carbocycles. The van der Waals surface area contributed by atoms with Crippen molar-refractivity contribution in [2.45, 2.75) is 53.4 Å². The van der Waals surface area contributed by atoms with E-state index in [-0.39, 0.29) is 23.7 Å².